The Bertz CT molecular complexity index is 265. The third kappa shape index (κ3) is 5.35. The molecule has 0 bridgehead atoms. The number of hydrogen-bond acceptors (Lipinski definition) is 3. The average Bonchev–Trinajstić information content (AvgIpc) is 2.34. The van der Waals surface area contributed by atoms with Crippen LogP contribution in [0.5, 0.6) is 0 Å². The first-order valence-corrected chi connectivity index (χ1v) is 6.35. The molecule has 18 heavy (non-hydrogen) atoms. The van der Waals surface area contributed by atoms with Gasteiger partial charge in [-0.15, -0.1) is 0 Å². The van der Waals surface area contributed by atoms with Crippen LogP contribution < -0.4 is 0 Å². The summed E-state index contributed by atoms with van der Waals surface area (Å²) < 4.78 is 0. The average molecular weight is 260 g/mol. The fourth-order valence-electron chi connectivity index (χ4n) is 1.64. The molecule has 0 aromatic rings. The van der Waals surface area contributed by atoms with E-state index in [1.54, 1.807) is 11.8 Å². The zero-order chi connectivity index (χ0) is 14.1. The van der Waals surface area contributed by atoms with Gasteiger partial charge in [-0.3, -0.25) is 4.79 Å². The summed E-state index contributed by atoms with van der Waals surface area (Å²) in [5.74, 6) is -1.50. The van der Waals surface area contributed by atoms with E-state index in [-0.39, 0.29) is 25.7 Å². The summed E-state index contributed by atoms with van der Waals surface area (Å²) >= 11 is 0. The van der Waals surface area contributed by atoms with Crippen molar-refractivity contribution in [1.29, 1.82) is 0 Å². The zero-order valence-electron chi connectivity index (χ0n) is 11.4. The number of aliphatic hydroxyl groups is 1. The van der Waals surface area contributed by atoms with Crippen LogP contribution in [0.4, 0.5) is 4.79 Å². The fourth-order valence-corrected chi connectivity index (χ4v) is 1.64. The van der Waals surface area contributed by atoms with Crippen molar-refractivity contribution in [2.24, 2.45) is 5.92 Å². The summed E-state index contributed by atoms with van der Waals surface area (Å²) in [4.78, 5) is 26.0. The lowest BCUT2D eigenvalue weighted by atomic mass is 10.2. The van der Waals surface area contributed by atoms with Crippen molar-refractivity contribution in [3.05, 3.63) is 0 Å². The topological polar surface area (TPSA) is 81.1 Å². The second kappa shape index (κ2) is 8.74. The van der Waals surface area contributed by atoms with Crippen molar-refractivity contribution in [3.63, 3.8) is 0 Å². The molecule has 0 saturated heterocycles. The van der Waals surface area contributed by atoms with Crippen LogP contribution in [0.25, 0.3) is 0 Å². The molecule has 1 unspecified atom stereocenters. The van der Waals surface area contributed by atoms with Crippen LogP contribution >= 0.6 is 0 Å². The van der Waals surface area contributed by atoms with Crippen LogP contribution in [0.1, 0.15) is 27.2 Å². The van der Waals surface area contributed by atoms with Gasteiger partial charge in [0.15, 0.2) is 0 Å². The molecule has 0 aliphatic rings. The number of aliphatic carboxylic acids is 1. The van der Waals surface area contributed by atoms with Crippen LogP contribution in [0.2, 0.25) is 0 Å². The van der Waals surface area contributed by atoms with Crippen LogP contribution in [-0.4, -0.2) is 64.8 Å². The van der Waals surface area contributed by atoms with Gasteiger partial charge >= 0.3 is 12.0 Å². The van der Waals surface area contributed by atoms with Gasteiger partial charge in [-0.1, -0.05) is 13.8 Å². The number of carbonyl (C=O) groups excluding carboxylic acids is 1. The molecule has 0 aliphatic carbocycles. The van der Waals surface area contributed by atoms with Gasteiger partial charge in [-0.05, 0) is 13.3 Å². The summed E-state index contributed by atoms with van der Waals surface area (Å²) in [6.45, 7) is 6.76. The maximum atomic E-state index is 12.2. The molecule has 0 aliphatic heterocycles. The summed E-state index contributed by atoms with van der Waals surface area (Å²) in [6.07, 6.45) is 0.803. The number of aliphatic hydroxyl groups excluding tert-OH is 1. The molecule has 1 atom stereocenters. The second-order valence-corrected chi connectivity index (χ2v) is 4.27. The molecule has 0 radical (unpaired) electrons. The van der Waals surface area contributed by atoms with E-state index in [1.165, 1.54) is 4.90 Å². The Kier molecular flexibility index (Phi) is 8.11. The maximum Gasteiger partial charge on any atom is 0.320 e. The van der Waals surface area contributed by atoms with Gasteiger partial charge in [0.05, 0.1) is 12.5 Å². The summed E-state index contributed by atoms with van der Waals surface area (Å²) in [7, 11) is 0. The lowest BCUT2D eigenvalue weighted by molar-refractivity contribution is -0.141. The summed E-state index contributed by atoms with van der Waals surface area (Å²) in [5.41, 5.74) is 0. The number of rotatable bonds is 8. The van der Waals surface area contributed by atoms with Crippen molar-refractivity contribution >= 4 is 12.0 Å². The normalized spacial score (nSPS) is 12.0. The Morgan fingerprint density at radius 2 is 1.78 bits per heavy atom. The number of hydrogen-bond donors (Lipinski definition) is 2. The Balaban J connectivity index is 4.60. The van der Waals surface area contributed by atoms with Gasteiger partial charge in [0.2, 0.25) is 0 Å². The minimum atomic E-state index is -0.912. The van der Waals surface area contributed by atoms with Crippen molar-refractivity contribution < 1.29 is 19.8 Å². The number of urea groups is 1. The third-order valence-electron chi connectivity index (χ3n) is 2.70. The van der Waals surface area contributed by atoms with Gasteiger partial charge in [0.25, 0.3) is 0 Å². The summed E-state index contributed by atoms with van der Waals surface area (Å²) in [5, 5.41) is 17.8. The van der Waals surface area contributed by atoms with E-state index >= 15 is 0 Å². The highest BCUT2D eigenvalue weighted by Gasteiger charge is 2.22. The zero-order valence-corrected chi connectivity index (χ0v) is 11.4. The highest BCUT2D eigenvalue weighted by molar-refractivity contribution is 5.76. The standard InChI is InChI=1S/C12H24N2O4/c1-4-6-14(7-8-15)12(18)13(5-2)9-10(3)11(16)17/h10,15H,4-9H2,1-3H3,(H,16,17). The number of carbonyl (C=O) groups is 2. The van der Waals surface area contributed by atoms with Gasteiger partial charge in [-0.25, -0.2) is 4.79 Å². The molecule has 2 N–H and O–H groups in total. The third-order valence-corrected chi connectivity index (χ3v) is 2.70. The van der Waals surface area contributed by atoms with Crippen molar-refractivity contribution in [2.45, 2.75) is 27.2 Å². The van der Waals surface area contributed by atoms with E-state index in [0.717, 1.165) is 6.42 Å². The number of carboxylic acids is 1. The smallest absolute Gasteiger partial charge is 0.320 e. The molecule has 0 spiro atoms. The Morgan fingerprint density at radius 1 is 1.17 bits per heavy atom. The molecule has 0 heterocycles. The van der Waals surface area contributed by atoms with Crippen molar-refractivity contribution in [2.75, 3.05) is 32.8 Å². The molecule has 106 valence electrons. The van der Waals surface area contributed by atoms with Crippen LogP contribution in [-0.2, 0) is 4.79 Å². The Morgan fingerprint density at radius 3 is 2.17 bits per heavy atom. The van der Waals surface area contributed by atoms with Gasteiger partial charge < -0.3 is 20.0 Å². The van der Waals surface area contributed by atoms with E-state index in [4.69, 9.17) is 10.2 Å². The first-order chi connectivity index (χ1) is 8.47. The molecule has 6 nitrogen and oxygen atoms in total. The van der Waals surface area contributed by atoms with E-state index in [0.29, 0.717) is 13.1 Å². The van der Waals surface area contributed by atoms with Crippen molar-refractivity contribution in [1.82, 2.24) is 9.80 Å². The number of nitrogens with zero attached hydrogens (tertiary/aromatic N) is 2. The minimum absolute atomic E-state index is 0.0855. The predicted molar refractivity (Wildman–Crippen MR) is 68.4 cm³/mol. The number of amides is 2. The molecular formula is C12H24N2O4. The lowest BCUT2D eigenvalue weighted by Gasteiger charge is -2.30. The molecule has 2 amide bonds. The maximum absolute atomic E-state index is 12.2. The van der Waals surface area contributed by atoms with Crippen LogP contribution in [0.3, 0.4) is 0 Å². The molecule has 6 heteroatoms. The molecular weight excluding hydrogens is 236 g/mol. The molecule has 0 fully saturated rings. The highest BCUT2D eigenvalue weighted by atomic mass is 16.4. The Labute approximate surface area is 108 Å². The molecule has 0 aromatic carbocycles. The second-order valence-electron chi connectivity index (χ2n) is 4.27. The van der Waals surface area contributed by atoms with E-state index in [1.807, 2.05) is 13.8 Å². The van der Waals surface area contributed by atoms with E-state index in [2.05, 4.69) is 0 Å². The Hall–Kier alpha value is -1.30. The van der Waals surface area contributed by atoms with Crippen molar-refractivity contribution in [3.8, 4) is 0 Å². The fraction of sp³-hybridized carbons (Fsp3) is 0.833. The SMILES string of the molecule is CCCN(CCO)C(=O)N(CC)CC(C)C(=O)O. The van der Waals surface area contributed by atoms with Gasteiger partial charge in [-0.2, -0.15) is 0 Å². The van der Waals surface area contributed by atoms with Gasteiger partial charge in [0, 0.05) is 26.2 Å². The lowest BCUT2D eigenvalue weighted by Crippen LogP contribution is -2.46. The van der Waals surface area contributed by atoms with E-state index in [9.17, 15) is 9.59 Å². The first kappa shape index (κ1) is 16.7. The monoisotopic (exact) mass is 260 g/mol. The number of carboxylic acid groups (broad SMARTS) is 1. The summed E-state index contributed by atoms with van der Waals surface area (Å²) in [6, 6.07) is -0.207. The highest BCUT2D eigenvalue weighted by Crippen LogP contribution is 2.05. The molecule has 0 aromatic heterocycles. The van der Waals surface area contributed by atoms with Crippen LogP contribution in [0.15, 0.2) is 0 Å². The minimum Gasteiger partial charge on any atom is -0.481 e. The van der Waals surface area contributed by atoms with E-state index < -0.39 is 11.9 Å². The largest absolute Gasteiger partial charge is 0.481 e. The first-order valence-electron chi connectivity index (χ1n) is 6.35. The quantitative estimate of drug-likeness (QED) is 0.678. The van der Waals surface area contributed by atoms with Gasteiger partial charge in [0.1, 0.15) is 0 Å². The van der Waals surface area contributed by atoms with Crippen LogP contribution in [0, 0.1) is 5.92 Å². The molecule has 0 saturated carbocycles. The predicted octanol–water partition coefficient (Wildman–Crippen LogP) is 0.853. The molecule has 0 rings (SSSR count).